The predicted octanol–water partition coefficient (Wildman–Crippen LogP) is 6.31. The number of fused-ring (bicyclic) bond motifs is 2. The fourth-order valence-electron chi connectivity index (χ4n) is 12.6. The first kappa shape index (κ1) is 64.8. The standard InChI is InChI=1S/C29H44N4O6S.C21H35N3O7S.C8H11N/c1-19(20-12-8-6-9-13-20)30-26(34)22-18-33(40(5,37)38)23-16-17-32(25(22)23)27(35)24(21-14-10-7-11-15-21)31-28(36)39-29(2,3)4;1-21(2,3)31-20(28)22-16(13-8-6-5-7-9-13)18(25)23-11-10-15-17(23)14(19(26)27)12-24(15)32(4,29)30;1-7(9)8-5-3-2-4-6-8/h6,8-9,12-13,19,21-25H,7,10-11,14-18H2,1-5H3,(H,30,34)(H,31,36);13-17H,5-12H2,1-4H3,(H,22,28)(H,26,27);2-7H,9H2,1H3/t19-,22+,23-,24+,25-;14-,15+,16-,17+;7-/m101/s1. The van der Waals surface area contributed by atoms with Crippen molar-refractivity contribution in [1.29, 1.82) is 0 Å². The lowest BCUT2D eigenvalue weighted by Crippen LogP contribution is -2.57. The minimum absolute atomic E-state index is 0.0128. The lowest BCUT2D eigenvalue weighted by molar-refractivity contribution is -0.145. The number of nitrogens with zero attached hydrogens (tertiary/aromatic N) is 4. The summed E-state index contributed by atoms with van der Waals surface area (Å²) in [6.07, 6.45) is 10.9. The molecule has 6 aliphatic rings. The molecule has 0 aromatic heterocycles. The number of likely N-dealkylation sites (tertiary alicyclic amines) is 2. The van der Waals surface area contributed by atoms with Crippen molar-refractivity contribution in [3.8, 4) is 0 Å². The maximum Gasteiger partial charge on any atom is 0.408 e. The van der Waals surface area contributed by atoms with Crippen LogP contribution in [0.1, 0.15) is 156 Å². The maximum atomic E-state index is 14.2. The van der Waals surface area contributed by atoms with E-state index in [2.05, 4.69) is 16.0 Å². The smallest absolute Gasteiger partial charge is 0.408 e. The Morgan fingerprint density at radius 2 is 0.938 bits per heavy atom. The lowest BCUT2D eigenvalue weighted by atomic mass is 9.83. The van der Waals surface area contributed by atoms with Crippen LogP contribution in [0.4, 0.5) is 9.59 Å². The van der Waals surface area contributed by atoms with Crippen LogP contribution in [-0.4, -0.2) is 162 Å². The number of carbonyl (C=O) groups excluding carboxylic acids is 5. The number of nitrogens with two attached hydrogens (primary N) is 1. The van der Waals surface area contributed by atoms with Gasteiger partial charge in [-0.1, -0.05) is 99.2 Å². The van der Waals surface area contributed by atoms with Gasteiger partial charge in [0.05, 0.1) is 42.5 Å². The summed E-state index contributed by atoms with van der Waals surface area (Å²) in [6.45, 7) is 14.8. The van der Waals surface area contributed by atoms with Crippen molar-refractivity contribution >= 4 is 55.9 Å². The second-order valence-electron chi connectivity index (χ2n) is 24.9. The number of hydrogen-bond acceptors (Lipinski definition) is 13. The molecule has 452 valence electrons. The molecule has 2 aromatic carbocycles. The molecule has 0 radical (unpaired) electrons. The highest BCUT2D eigenvalue weighted by Crippen LogP contribution is 2.41. The zero-order chi connectivity index (χ0) is 59.8. The quantitative estimate of drug-likeness (QED) is 0.147. The van der Waals surface area contributed by atoms with Crippen molar-refractivity contribution < 1.29 is 60.2 Å². The van der Waals surface area contributed by atoms with Crippen molar-refractivity contribution in [3.05, 3.63) is 71.8 Å². The van der Waals surface area contributed by atoms with E-state index >= 15 is 0 Å². The number of aliphatic carboxylic acids is 1. The van der Waals surface area contributed by atoms with Crippen LogP contribution < -0.4 is 21.7 Å². The van der Waals surface area contributed by atoms with E-state index in [1.54, 1.807) is 46.4 Å². The average molecular weight is 1170 g/mol. The molecule has 0 bridgehead atoms. The molecule has 2 saturated carbocycles. The van der Waals surface area contributed by atoms with Gasteiger partial charge in [0.2, 0.25) is 37.8 Å². The topological polar surface area (TPSA) is 284 Å². The molecule has 2 aromatic rings. The molecule has 4 heterocycles. The third-order valence-electron chi connectivity index (χ3n) is 16.3. The second-order valence-corrected chi connectivity index (χ2v) is 28.7. The number of carbonyl (C=O) groups is 6. The molecule has 0 unspecified atom stereocenters. The third kappa shape index (κ3) is 17.4. The number of ether oxygens (including phenoxy) is 2. The zero-order valence-corrected chi connectivity index (χ0v) is 50.7. The molecule has 6 N–H and O–H groups in total. The summed E-state index contributed by atoms with van der Waals surface area (Å²) in [5.74, 6) is -3.89. The fraction of sp³-hybridized carbons (Fsp3) is 0.690. The molecular formula is C58H90N8O13S2. The molecular weight excluding hydrogens is 1080 g/mol. The van der Waals surface area contributed by atoms with Gasteiger partial charge in [-0.05, 0) is 117 Å². The van der Waals surface area contributed by atoms with E-state index < -0.39 is 97.5 Å². The van der Waals surface area contributed by atoms with Gasteiger partial charge in [0, 0.05) is 44.3 Å². The van der Waals surface area contributed by atoms with Gasteiger partial charge in [-0.2, -0.15) is 8.61 Å². The van der Waals surface area contributed by atoms with Gasteiger partial charge in [-0.15, -0.1) is 0 Å². The highest BCUT2D eigenvalue weighted by molar-refractivity contribution is 7.88. The Balaban J connectivity index is 0.000000229. The Morgan fingerprint density at radius 1 is 0.568 bits per heavy atom. The number of rotatable bonds is 13. The number of hydrogen-bond donors (Lipinski definition) is 5. The summed E-state index contributed by atoms with van der Waals surface area (Å²) >= 11 is 0. The van der Waals surface area contributed by atoms with Gasteiger partial charge in [-0.3, -0.25) is 19.2 Å². The number of benzene rings is 2. The van der Waals surface area contributed by atoms with E-state index in [1.165, 1.54) is 19.1 Å². The Kier molecular flexibility index (Phi) is 21.9. The summed E-state index contributed by atoms with van der Waals surface area (Å²) in [5.41, 5.74) is 6.30. The summed E-state index contributed by atoms with van der Waals surface area (Å²) < 4.78 is 63.4. The second kappa shape index (κ2) is 27.4. The predicted molar refractivity (Wildman–Crippen MR) is 307 cm³/mol. The van der Waals surface area contributed by atoms with Gasteiger partial charge in [-0.25, -0.2) is 26.4 Å². The number of carboxylic acid groups (broad SMARTS) is 1. The average Bonchev–Trinajstić information content (AvgIpc) is 4.41. The van der Waals surface area contributed by atoms with Gasteiger partial charge in [0.1, 0.15) is 23.3 Å². The van der Waals surface area contributed by atoms with Crippen molar-refractivity contribution in [2.75, 3.05) is 38.7 Å². The van der Waals surface area contributed by atoms with E-state index in [0.29, 0.717) is 19.4 Å². The molecule has 8 rings (SSSR count). The highest BCUT2D eigenvalue weighted by atomic mass is 32.2. The third-order valence-corrected chi connectivity index (χ3v) is 18.9. The van der Waals surface area contributed by atoms with Crippen LogP contribution in [0.3, 0.4) is 0 Å². The van der Waals surface area contributed by atoms with E-state index in [9.17, 15) is 50.7 Å². The van der Waals surface area contributed by atoms with Crippen LogP contribution in [0.5, 0.6) is 0 Å². The molecule has 5 amide bonds. The maximum absolute atomic E-state index is 14.2. The van der Waals surface area contributed by atoms with Crippen LogP contribution in [0.25, 0.3) is 0 Å². The van der Waals surface area contributed by atoms with Gasteiger partial charge in [0.25, 0.3) is 0 Å². The fourth-order valence-corrected chi connectivity index (χ4v) is 14.9. The number of carboxylic acids is 1. The Morgan fingerprint density at radius 3 is 1.28 bits per heavy atom. The zero-order valence-electron chi connectivity index (χ0n) is 49.0. The first-order valence-electron chi connectivity index (χ1n) is 28.8. The normalized spacial score (nSPS) is 25.3. The van der Waals surface area contributed by atoms with Crippen molar-refractivity contribution in [2.45, 2.75) is 192 Å². The lowest BCUT2D eigenvalue weighted by Gasteiger charge is -2.36. The molecule has 0 spiro atoms. The molecule has 6 fully saturated rings. The van der Waals surface area contributed by atoms with Crippen LogP contribution in [0, 0.1) is 23.7 Å². The molecule has 23 heteroatoms. The van der Waals surface area contributed by atoms with Gasteiger partial charge in [0.15, 0.2) is 0 Å². The van der Waals surface area contributed by atoms with Crippen molar-refractivity contribution in [2.24, 2.45) is 29.4 Å². The molecule has 81 heavy (non-hydrogen) atoms. The minimum atomic E-state index is -3.61. The number of alkyl carbamates (subject to hydrolysis) is 2. The molecule has 2 aliphatic carbocycles. The molecule has 10 atom stereocenters. The van der Waals surface area contributed by atoms with Crippen LogP contribution in [-0.2, 0) is 48.7 Å². The van der Waals surface area contributed by atoms with Crippen LogP contribution in [0.2, 0.25) is 0 Å². The first-order valence-corrected chi connectivity index (χ1v) is 32.5. The van der Waals surface area contributed by atoms with Crippen LogP contribution >= 0.6 is 0 Å². The number of nitrogens with one attached hydrogen (secondary N) is 3. The number of amides is 5. The Hall–Kier alpha value is -5.36. The summed E-state index contributed by atoms with van der Waals surface area (Å²) in [5, 5.41) is 18.4. The Labute approximate surface area is 480 Å². The van der Waals surface area contributed by atoms with E-state index in [1.807, 2.05) is 74.5 Å². The van der Waals surface area contributed by atoms with E-state index in [0.717, 1.165) is 82.3 Å². The highest BCUT2D eigenvalue weighted by Gasteiger charge is 2.58. The Bertz CT molecular complexity index is 2710. The van der Waals surface area contributed by atoms with Crippen LogP contribution in [0.15, 0.2) is 60.7 Å². The van der Waals surface area contributed by atoms with Crippen molar-refractivity contribution in [1.82, 2.24) is 34.4 Å². The number of sulfonamides is 2. The summed E-state index contributed by atoms with van der Waals surface area (Å²) in [4.78, 5) is 82.0. The summed E-state index contributed by atoms with van der Waals surface area (Å²) in [6, 6.07) is 15.4. The minimum Gasteiger partial charge on any atom is -0.481 e. The van der Waals surface area contributed by atoms with Gasteiger partial charge < -0.3 is 46.1 Å². The monoisotopic (exact) mass is 1170 g/mol. The van der Waals surface area contributed by atoms with E-state index in [-0.39, 0.29) is 61.3 Å². The molecule has 4 aliphatic heterocycles. The molecule has 21 nitrogen and oxygen atoms in total. The molecule has 4 saturated heterocycles. The van der Waals surface area contributed by atoms with Gasteiger partial charge >= 0.3 is 18.2 Å². The SMILES string of the molecule is CC(C)(C)OC(=O)N[C@H](C(=O)N1CC[C@@H]2[C@H]1[C@@H](C(=O)O)CN2S(C)(=O)=O)C1CCCCC1.C[C@@H](N)c1ccccc1.C[C@@H](NC(=O)[C@H]1CN(S(C)(=O)=O)[C@@H]2CCN(C(=O)[C@@H](NC(=O)OC(C)(C)C)C3CCCCC3)[C@H]12)c1ccccc1. The largest absolute Gasteiger partial charge is 0.481 e. The van der Waals surface area contributed by atoms with E-state index in [4.69, 9.17) is 15.2 Å². The van der Waals surface area contributed by atoms with Crippen molar-refractivity contribution in [3.63, 3.8) is 0 Å². The first-order chi connectivity index (χ1) is 37.9. The summed E-state index contributed by atoms with van der Waals surface area (Å²) in [7, 11) is -7.22.